The fourth-order valence-corrected chi connectivity index (χ4v) is 3.69. The van der Waals surface area contributed by atoms with E-state index in [1.165, 1.54) is 11.3 Å². The van der Waals surface area contributed by atoms with E-state index in [0.717, 1.165) is 34.7 Å². The van der Waals surface area contributed by atoms with E-state index in [1.807, 2.05) is 60.8 Å². The molecule has 0 saturated carbocycles. The van der Waals surface area contributed by atoms with Gasteiger partial charge in [-0.3, -0.25) is 4.79 Å². The van der Waals surface area contributed by atoms with Gasteiger partial charge in [-0.15, -0.1) is 11.3 Å². The lowest BCUT2D eigenvalue weighted by Crippen LogP contribution is -2.20. The molecule has 0 radical (unpaired) electrons. The molecule has 2 heterocycles. The van der Waals surface area contributed by atoms with Crippen LogP contribution in [-0.2, 0) is 4.79 Å². The number of benzene rings is 2. The van der Waals surface area contributed by atoms with Crippen molar-refractivity contribution in [1.82, 2.24) is 4.98 Å². The third-order valence-corrected chi connectivity index (χ3v) is 5.09. The lowest BCUT2D eigenvalue weighted by molar-refractivity contribution is -0.117. The third-order valence-electron chi connectivity index (χ3n) is 4.33. The summed E-state index contributed by atoms with van der Waals surface area (Å²) in [7, 11) is 0. The molecule has 0 spiro atoms. The van der Waals surface area contributed by atoms with Crippen LogP contribution in [0.3, 0.4) is 0 Å². The number of ether oxygens (including phenoxy) is 2. The highest BCUT2D eigenvalue weighted by Crippen LogP contribution is 2.36. The standard InChI is InChI=1S/C20H18N2O3S/c1-2-15(13-6-4-3-5-7-13)19(23)22-20-21-16(11-26-20)14-8-9-17-18(10-14)25-12-24-17/h3-11,15H,2,12H2,1H3,(H,21,22,23)/t15-/m1/s1. The van der Waals surface area contributed by atoms with Gasteiger partial charge in [-0.25, -0.2) is 4.98 Å². The monoisotopic (exact) mass is 366 g/mol. The van der Waals surface area contributed by atoms with E-state index in [1.54, 1.807) is 0 Å². The Morgan fingerprint density at radius 3 is 2.81 bits per heavy atom. The minimum atomic E-state index is -0.186. The molecule has 0 fully saturated rings. The van der Waals surface area contributed by atoms with Gasteiger partial charge in [0, 0.05) is 10.9 Å². The maximum Gasteiger partial charge on any atom is 0.233 e. The molecule has 132 valence electrons. The van der Waals surface area contributed by atoms with Crippen LogP contribution in [0.2, 0.25) is 0 Å². The largest absolute Gasteiger partial charge is 0.454 e. The first-order valence-electron chi connectivity index (χ1n) is 8.46. The van der Waals surface area contributed by atoms with E-state index >= 15 is 0 Å². The maximum absolute atomic E-state index is 12.7. The summed E-state index contributed by atoms with van der Waals surface area (Å²) >= 11 is 1.41. The number of hydrogen-bond donors (Lipinski definition) is 1. The van der Waals surface area contributed by atoms with Gasteiger partial charge in [0.15, 0.2) is 16.6 Å². The molecule has 1 atom stereocenters. The number of aromatic nitrogens is 1. The summed E-state index contributed by atoms with van der Waals surface area (Å²) in [5.74, 6) is 1.24. The van der Waals surface area contributed by atoms with Crippen molar-refractivity contribution < 1.29 is 14.3 Å². The highest BCUT2D eigenvalue weighted by atomic mass is 32.1. The van der Waals surface area contributed by atoms with Crippen LogP contribution in [0.15, 0.2) is 53.9 Å². The minimum absolute atomic E-state index is 0.0368. The normalized spacial score (nSPS) is 13.4. The summed E-state index contributed by atoms with van der Waals surface area (Å²) in [6.07, 6.45) is 0.732. The third kappa shape index (κ3) is 3.28. The molecule has 0 aliphatic carbocycles. The van der Waals surface area contributed by atoms with Crippen molar-refractivity contribution in [2.75, 3.05) is 12.1 Å². The first kappa shape index (κ1) is 16.6. The fraction of sp³-hybridized carbons (Fsp3) is 0.200. The molecule has 1 aliphatic heterocycles. The quantitative estimate of drug-likeness (QED) is 0.713. The zero-order chi connectivity index (χ0) is 17.9. The van der Waals surface area contributed by atoms with E-state index in [9.17, 15) is 4.79 Å². The second-order valence-electron chi connectivity index (χ2n) is 5.97. The fourth-order valence-electron chi connectivity index (χ4n) is 2.97. The van der Waals surface area contributed by atoms with Gasteiger partial charge in [-0.1, -0.05) is 37.3 Å². The van der Waals surface area contributed by atoms with Crippen molar-refractivity contribution in [3.8, 4) is 22.8 Å². The highest BCUT2D eigenvalue weighted by Gasteiger charge is 2.20. The van der Waals surface area contributed by atoms with E-state index in [0.29, 0.717) is 5.13 Å². The van der Waals surface area contributed by atoms with E-state index < -0.39 is 0 Å². The number of nitrogens with zero attached hydrogens (tertiary/aromatic N) is 1. The van der Waals surface area contributed by atoms with Gasteiger partial charge in [0.1, 0.15) is 0 Å². The molecule has 0 unspecified atom stereocenters. The van der Waals surface area contributed by atoms with Crippen molar-refractivity contribution in [3.05, 3.63) is 59.5 Å². The molecule has 3 aromatic rings. The van der Waals surface area contributed by atoms with Gasteiger partial charge in [0.05, 0.1) is 11.6 Å². The molecule has 0 saturated heterocycles. The van der Waals surface area contributed by atoms with Crippen LogP contribution < -0.4 is 14.8 Å². The SMILES string of the molecule is CC[C@@H](C(=O)Nc1nc(-c2ccc3c(c2)OCO3)cs1)c1ccccc1. The predicted octanol–water partition coefficient (Wildman–Crippen LogP) is 4.67. The second-order valence-corrected chi connectivity index (χ2v) is 6.82. The minimum Gasteiger partial charge on any atom is -0.454 e. The van der Waals surface area contributed by atoms with Crippen molar-refractivity contribution in [2.24, 2.45) is 0 Å². The number of fused-ring (bicyclic) bond motifs is 1. The molecule has 5 nitrogen and oxygen atoms in total. The van der Waals surface area contributed by atoms with Gasteiger partial charge < -0.3 is 14.8 Å². The zero-order valence-corrected chi connectivity index (χ0v) is 15.1. The number of hydrogen-bond acceptors (Lipinski definition) is 5. The summed E-state index contributed by atoms with van der Waals surface area (Å²) in [5, 5.41) is 5.47. The maximum atomic E-state index is 12.7. The van der Waals surface area contributed by atoms with Crippen LogP contribution >= 0.6 is 11.3 Å². The number of carbonyl (C=O) groups is 1. The molecule has 1 aromatic heterocycles. The van der Waals surface area contributed by atoms with Gasteiger partial charge in [0.2, 0.25) is 12.7 Å². The van der Waals surface area contributed by atoms with E-state index in [-0.39, 0.29) is 18.6 Å². The lowest BCUT2D eigenvalue weighted by atomic mass is 9.96. The van der Waals surface area contributed by atoms with Crippen molar-refractivity contribution in [2.45, 2.75) is 19.3 Å². The number of amides is 1. The first-order valence-corrected chi connectivity index (χ1v) is 9.34. The number of carbonyl (C=O) groups excluding carboxylic acids is 1. The topological polar surface area (TPSA) is 60.5 Å². The Labute approximate surface area is 155 Å². The summed E-state index contributed by atoms with van der Waals surface area (Å²) in [5.41, 5.74) is 2.75. The van der Waals surface area contributed by atoms with Crippen LogP contribution in [0.4, 0.5) is 5.13 Å². The van der Waals surface area contributed by atoms with E-state index in [2.05, 4.69) is 10.3 Å². The van der Waals surface area contributed by atoms with Crippen molar-refractivity contribution in [3.63, 3.8) is 0 Å². The predicted molar refractivity (Wildman–Crippen MR) is 102 cm³/mol. The Kier molecular flexibility index (Phi) is 4.58. The Morgan fingerprint density at radius 2 is 2.00 bits per heavy atom. The molecule has 1 amide bonds. The average Bonchev–Trinajstić information content (AvgIpc) is 3.31. The van der Waals surface area contributed by atoms with Crippen LogP contribution in [0, 0.1) is 0 Å². The number of nitrogens with one attached hydrogen (secondary N) is 1. The average molecular weight is 366 g/mol. The van der Waals surface area contributed by atoms with Gasteiger partial charge in [-0.05, 0) is 30.2 Å². The highest BCUT2D eigenvalue weighted by molar-refractivity contribution is 7.14. The van der Waals surface area contributed by atoms with Crippen molar-refractivity contribution in [1.29, 1.82) is 0 Å². The number of rotatable bonds is 5. The number of thiazole rings is 1. The molecule has 1 N–H and O–H groups in total. The lowest BCUT2D eigenvalue weighted by Gasteiger charge is -2.14. The summed E-state index contributed by atoms with van der Waals surface area (Å²) in [6.45, 7) is 2.26. The molecule has 2 aromatic carbocycles. The summed E-state index contributed by atoms with van der Waals surface area (Å²) < 4.78 is 10.7. The molecule has 26 heavy (non-hydrogen) atoms. The number of anilines is 1. The molecular weight excluding hydrogens is 348 g/mol. The molecule has 1 aliphatic rings. The summed E-state index contributed by atoms with van der Waals surface area (Å²) in [6, 6.07) is 15.5. The van der Waals surface area contributed by atoms with Gasteiger partial charge in [-0.2, -0.15) is 0 Å². The second kappa shape index (κ2) is 7.17. The van der Waals surface area contributed by atoms with Gasteiger partial charge >= 0.3 is 0 Å². The van der Waals surface area contributed by atoms with Crippen molar-refractivity contribution >= 4 is 22.4 Å². The van der Waals surface area contributed by atoms with Crippen LogP contribution in [0.25, 0.3) is 11.3 Å². The Bertz CT molecular complexity index is 924. The summed E-state index contributed by atoms with van der Waals surface area (Å²) in [4.78, 5) is 17.2. The van der Waals surface area contributed by atoms with E-state index in [4.69, 9.17) is 9.47 Å². The first-order chi connectivity index (χ1) is 12.7. The molecule has 6 heteroatoms. The Morgan fingerprint density at radius 1 is 1.19 bits per heavy atom. The van der Waals surface area contributed by atoms with Gasteiger partial charge in [0.25, 0.3) is 0 Å². The van der Waals surface area contributed by atoms with Crippen LogP contribution in [0.1, 0.15) is 24.8 Å². The Hall–Kier alpha value is -2.86. The molecule has 4 rings (SSSR count). The van der Waals surface area contributed by atoms with Crippen LogP contribution in [-0.4, -0.2) is 17.7 Å². The molecule has 0 bridgehead atoms. The molecular formula is C20H18N2O3S. The zero-order valence-electron chi connectivity index (χ0n) is 14.3. The Balaban J connectivity index is 1.50. The van der Waals surface area contributed by atoms with Crippen LogP contribution in [0.5, 0.6) is 11.5 Å². The smallest absolute Gasteiger partial charge is 0.233 e.